The first-order chi connectivity index (χ1) is 7.20. The smallest absolute Gasteiger partial charge is 0.281 e. The number of carbonyl (C=O) groups is 1. The van der Waals surface area contributed by atoms with E-state index in [0.29, 0.717) is 6.54 Å². The number of aliphatic hydroxyl groups is 1. The summed E-state index contributed by atoms with van der Waals surface area (Å²) in [6, 6.07) is 0.0512. The highest BCUT2D eigenvalue weighted by Gasteiger charge is 2.30. The van der Waals surface area contributed by atoms with E-state index in [2.05, 4.69) is 0 Å². The molecule has 0 aromatic carbocycles. The van der Waals surface area contributed by atoms with Crippen LogP contribution in [0.2, 0.25) is 0 Å². The van der Waals surface area contributed by atoms with Gasteiger partial charge in [0.25, 0.3) is 5.24 Å². The first-order valence-electron chi connectivity index (χ1n) is 5.82. The van der Waals surface area contributed by atoms with Crippen LogP contribution in [0.5, 0.6) is 0 Å². The van der Waals surface area contributed by atoms with Gasteiger partial charge in [0.2, 0.25) is 0 Å². The molecule has 0 heterocycles. The molecule has 88 valence electrons. The van der Waals surface area contributed by atoms with Crippen LogP contribution >= 0.6 is 11.8 Å². The largest absolute Gasteiger partial charge is 0.391 e. The summed E-state index contributed by atoms with van der Waals surface area (Å²) in [6.45, 7) is 4.66. The molecule has 0 aromatic heterocycles. The van der Waals surface area contributed by atoms with Crippen LogP contribution in [0.3, 0.4) is 0 Å². The van der Waals surface area contributed by atoms with Crippen LogP contribution in [0, 0.1) is 0 Å². The van der Waals surface area contributed by atoms with Crippen molar-refractivity contribution in [3.05, 3.63) is 0 Å². The fraction of sp³-hybridized carbons (Fsp3) is 0.909. The second kappa shape index (κ2) is 6.38. The number of aliphatic hydroxyl groups excluding tert-OH is 1. The molecule has 2 unspecified atom stereocenters. The summed E-state index contributed by atoms with van der Waals surface area (Å²) >= 11 is 1.34. The second-order valence-electron chi connectivity index (χ2n) is 3.90. The zero-order valence-electron chi connectivity index (χ0n) is 9.61. The third-order valence-electron chi connectivity index (χ3n) is 2.94. The summed E-state index contributed by atoms with van der Waals surface area (Å²) in [7, 11) is 0. The molecule has 1 aliphatic carbocycles. The standard InChI is InChI=1S/C11H21NO2S/c1-3-12(11(14)15-4-2)9-7-5-6-8-10(9)13/h9-10,13H,3-8H2,1-2H3. The van der Waals surface area contributed by atoms with Gasteiger partial charge in [0.05, 0.1) is 12.1 Å². The van der Waals surface area contributed by atoms with Crippen molar-refractivity contribution in [1.29, 1.82) is 0 Å². The first kappa shape index (κ1) is 12.8. The number of likely N-dealkylation sites (N-methyl/N-ethyl adjacent to an activating group) is 1. The maximum Gasteiger partial charge on any atom is 0.281 e. The molecule has 3 nitrogen and oxygen atoms in total. The molecule has 1 fully saturated rings. The third kappa shape index (κ3) is 3.38. The van der Waals surface area contributed by atoms with Gasteiger partial charge in [-0.2, -0.15) is 0 Å². The summed E-state index contributed by atoms with van der Waals surface area (Å²) in [6.07, 6.45) is 3.68. The summed E-state index contributed by atoms with van der Waals surface area (Å²) in [5.74, 6) is 0.804. The molecule has 15 heavy (non-hydrogen) atoms. The topological polar surface area (TPSA) is 40.5 Å². The van der Waals surface area contributed by atoms with Crippen LogP contribution in [0.15, 0.2) is 0 Å². The lowest BCUT2D eigenvalue weighted by Gasteiger charge is -2.36. The lowest BCUT2D eigenvalue weighted by Crippen LogP contribution is -2.47. The highest BCUT2D eigenvalue weighted by atomic mass is 32.2. The number of nitrogens with zero attached hydrogens (tertiary/aromatic N) is 1. The van der Waals surface area contributed by atoms with Crippen LogP contribution in [-0.4, -0.2) is 39.7 Å². The highest BCUT2D eigenvalue weighted by molar-refractivity contribution is 8.13. The van der Waals surface area contributed by atoms with E-state index in [1.165, 1.54) is 11.8 Å². The average molecular weight is 231 g/mol. The van der Waals surface area contributed by atoms with E-state index in [1.807, 2.05) is 18.7 Å². The van der Waals surface area contributed by atoms with Gasteiger partial charge in [-0.25, -0.2) is 0 Å². The van der Waals surface area contributed by atoms with E-state index in [4.69, 9.17) is 0 Å². The number of hydrogen-bond acceptors (Lipinski definition) is 3. The molecular weight excluding hydrogens is 210 g/mol. The number of rotatable bonds is 3. The molecule has 0 aromatic rings. The number of hydrogen-bond donors (Lipinski definition) is 1. The molecule has 4 heteroatoms. The third-order valence-corrected chi connectivity index (χ3v) is 3.71. The van der Waals surface area contributed by atoms with Gasteiger partial charge in [0.1, 0.15) is 0 Å². The maximum atomic E-state index is 11.8. The minimum Gasteiger partial charge on any atom is -0.391 e. The summed E-state index contributed by atoms with van der Waals surface area (Å²) in [5, 5.41) is 10.0. The van der Waals surface area contributed by atoms with Crippen molar-refractivity contribution in [2.75, 3.05) is 12.3 Å². The van der Waals surface area contributed by atoms with Crippen molar-refractivity contribution >= 4 is 17.0 Å². The molecular formula is C11H21NO2S. The molecule has 1 saturated carbocycles. The van der Waals surface area contributed by atoms with Crippen molar-refractivity contribution in [2.24, 2.45) is 0 Å². The van der Waals surface area contributed by atoms with Gasteiger partial charge in [-0.15, -0.1) is 0 Å². The Kier molecular flexibility index (Phi) is 5.47. The van der Waals surface area contributed by atoms with E-state index < -0.39 is 0 Å². The van der Waals surface area contributed by atoms with Gasteiger partial charge in [0.15, 0.2) is 0 Å². The molecule has 1 amide bonds. The Morgan fingerprint density at radius 1 is 1.40 bits per heavy atom. The minimum atomic E-state index is -0.319. The van der Waals surface area contributed by atoms with Gasteiger partial charge in [0, 0.05) is 6.54 Å². The van der Waals surface area contributed by atoms with Crippen LogP contribution in [0.25, 0.3) is 0 Å². The molecule has 2 atom stereocenters. The summed E-state index contributed by atoms with van der Waals surface area (Å²) in [5.41, 5.74) is 0. The fourth-order valence-corrected chi connectivity index (χ4v) is 2.84. The lowest BCUT2D eigenvalue weighted by molar-refractivity contribution is 0.0443. The van der Waals surface area contributed by atoms with Gasteiger partial charge in [-0.1, -0.05) is 31.5 Å². The molecule has 0 radical (unpaired) electrons. The predicted molar refractivity (Wildman–Crippen MR) is 64.2 cm³/mol. The molecule has 0 saturated heterocycles. The van der Waals surface area contributed by atoms with Crippen molar-refractivity contribution in [2.45, 2.75) is 51.7 Å². The predicted octanol–water partition coefficient (Wildman–Crippen LogP) is 2.48. The Labute approximate surface area is 96.2 Å². The van der Waals surface area contributed by atoms with Crippen molar-refractivity contribution in [3.63, 3.8) is 0 Å². The van der Waals surface area contributed by atoms with Crippen molar-refractivity contribution in [3.8, 4) is 0 Å². The zero-order chi connectivity index (χ0) is 11.3. The molecule has 0 bridgehead atoms. The molecule has 1 N–H and O–H groups in total. The van der Waals surface area contributed by atoms with Gasteiger partial charge in [-0.05, 0) is 25.5 Å². The van der Waals surface area contributed by atoms with Crippen LogP contribution in [-0.2, 0) is 0 Å². The highest BCUT2D eigenvalue weighted by Crippen LogP contribution is 2.25. The maximum absolute atomic E-state index is 11.8. The zero-order valence-corrected chi connectivity index (χ0v) is 10.4. The Balaban J connectivity index is 2.59. The fourth-order valence-electron chi connectivity index (χ4n) is 2.16. The van der Waals surface area contributed by atoms with E-state index >= 15 is 0 Å². The summed E-state index contributed by atoms with van der Waals surface area (Å²) < 4.78 is 0. The van der Waals surface area contributed by atoms with E-state index in [9.17, 15) is 9.90 Å². The molecule has 1 aliphatic rings. The minimum absolute atomic E-state index is 0.0512. The van der Waals surface area contributed by atoms with Gasteiger partial charge >= 0.3 is 0 Å². The Morgan fingerprint density at radius 2 is 2.07 bits per heavy atom. The number of amides is 1. The second-order valence-corrected chi connectivity index (χ2v) is 5.12. The monoisotopic (exact) mass is 231 g/mol. The van der Waals surface area contributed by atoms with Crippen LogP contribution < -0.4 is 0 Å². The van der Waals surface area contributed by atoms with E-state index in [-0.39, 0.29) is 17.4 Å². The van der Waals surface area contributed by atoms with E-state index in [1.54, 1.807) is 0 Å². The molecule has 1 rings (SSSR count). The van der Waals surface area contributed by atoms with Gasteiger partial charge < -0.3 is 10.0 Å². The lowest BCUT2D eigenvalue weighted by atomic mass is 9.91. The Bertz CT molecular complexity index is 211. The van der Waals surface area contributed by atoms with Crippen molar-refractivity contribution in [1.82, 2.24) is 4.90 Å². The normalized spacial score (nSPS) is 26.3. The number of thioether (sulfide) groups is 1. The number of carbonyl (C=O) groups excluding carboxylic acids is 1. The average Bonchev–Trinajstić information content (AvgIpc) is 2.22. The molecule has 0 aliphatic heterocycles. The van der Waals surface area contributed by atoms with Gasteiger partial charge in [-0.3, -0.25) is 4.79 Å². The summed E-state index contributed by atoms with van der Waals surface area (Å²) in [4.78, 5) is 13.6. The van der Waals surface area contributed by atoms with E-state index in [0.717, 1.165) is 31.4 Å². The van der Waals surface area contributed by atoms with Crippen LogP contribution in [0.1, 0.15) is 39.5 Å². The first-order valence-corrected chi connectivity index (χ1v) is 6.80. The van der Waals surface area contributed by atoms with Crippen molar-refractivity contribution < 1.29 is 9.90 Å². The SMILES string of the molecule is CCSC(=O)N(CC)C1CCCCC1O. The Morgan fingerprint density at radius 3 is 2.60 bits per heavy atom. The van der Waals surface area contributed by atoms with Crippen LogP contribution in [0.4, 0.5) is 4.79 Å². The molecule has 0 spiro atoms. The Hall–Kier alpha value is -0.220. The quantitative estimate of drug-likeness (QED) is 0.811.